The summed E-state index contributed by atoms with van der Waals surface area (Å²) < 4.78 is 0. The molecule has 0 saturated carbocycles. The van der Waals surface area contributed by atoms with Gasteiger partial charge in [-0.3, -0.25) is 0 Å². The minimum absolute atomic E-state index is 0.362. The lowest BCUT2D eigenvalue weighted by molar-refractivity contribution is 0.244. The van der Waals surface area contributed by atoms with Crippen LogP contribution < -0.4 is 0 Å². The third kappa shape index (κ3) is 2.98. The van der Waals surface area contributed by atoms with E-state index in [9.17, 15) is 5.11 Å². The fraction of sp³-hybridized carbons (Fsp3) is 0.455. The Balaban J connectivity index is 2.94. The van der Waals surface area contributed by atoms with Gasteiger partial charge in [0.1, 0.15) is 0 Å². The van der Waals surface area contributed by atoms with E-state index in [-0.39, 0.29) is 6.10 Å². The van der Waals surface area contributed by atoms with Crippen molar-refractivity contribution in [3.8, 4) is 0 Å². The first-order chi connectivity index (χ1) is 6.11. The van der Waals surface area contributed by atoms with E-state index < -0.39 is 0 Å². The van der Waals surface area contributed by atoms with Gasteiger partial charge in [0.25, 0.3) is 0 Å². The second-order valence-electron chi connectivity index (χ2n) is 3.49. The van der Waals surface area contributed by atoms with E-state index in [0.717, 1.165) is 0 Å². The summed E-state index contributed by atoms with van der Waals surface area (Å²) in [6.07, 6.45) is 1.57. The molecule has 0 bridgehead atoms. The zero-order valence-corrected chi connectivity index (χ0v) is 9.14. The van der Waals surface area contributed by atoms with Crippen molar-refractivity contribution in [3.05, 3.63) is 28.5 Å². The summed E-state index contributed by atoms with van der Waals surface area (Å²) in [4.78, 5) is 1.26. The van der Waals surface area contributed by atoms with Gasteiger partial charge in [0, 0.05) is 4.88 Å². The second kappa shape index (κ2) is 4.58. The number of hydrogen-bond acceptors (Lipinski definition) is 2. The molecule has 0 aliphatic carbocycles. The molecule has 0 saturated heterocycles. The molecule has 1 N–H and O–H groups in total. The molecule has 13 heavy (non-hydrogen) atoms. The van der Waals surface area contributed by atoms with Crippen LogP contribution in [0.15, 0.2) is 23.6 Å². The zero-order chi connectivity index (χ0) is 9.84. The quantitative estimate of drug-likeness (QED) is 0.787. The van der Waals surface area contributed by atoms with Crippen molar-refractivity contribution >= 4 is 16.9 Å². The molecule has 1 aromatic rings. The summed E-state index contributed by atoms with van der Waals surface area (Å²) in [5, 5.41) is 11.4. The monoisotopic (exact) mass is 196 g/mol. The Kier molecular flexibility index (Phi) is 3.70. The Morgan fingerprint density at radius 2 is 2.15 bits per heavy atom. The number of aliphatic hydroxyl groups excluding tert-OH is 1. The molecule has 0 fully saturated rings. The first kappa shape index (κ1) is 10.5. The molecule has 1 rings (SSSR count). The largest absolute Gasteiger partial charge is 0.389 e. The number of aliphatic hydroxyl groups is 1. The van der Waals surface area contributed by atoms with E-state index in [1.54, 1.807) is 18.3 Å². The molecule has 0 spiro atoms. The highest BCUT2D eigenvalue weighted by molar-refractivity contribution is 7.11. The molecule has 1 heterocycles. The average Bonchev–Trinajstić information content (AvgIpc) is 2.50. The van der Waals surface area contributed by atoms with Gasteiger partial charge in [0.05, 0.1) is 6.10 Å². The van der Waals surface area contributed by atoms with Crippen molar-refractivity contribution in [2.45, 2.75) is 26.9 Å². The van der Waals surface area contributed by atoms with Crippen LogP contribution in [0.1, 0.15) is 25.6 Å². The van der Waals surface area contributed by atoms with Gasteiger partial charge in [-0.25, -0.2) is 0 Å². The lowest BCUT2D eigenvalue weighted by Crippen LogP contribution is -1.99. The van der Waals surface area contributed by atoms with Crippen LogP contribution in [-0.4, -0.2) is 11.2 Å². The fourth-order valence-corrected chi connectivity index (χ4v) is 2.16. The van der Waals surface area contributed by atoms with Crippen LogP contribution in [0.2, 0.25) is 0 Å². The maximum atomic E-state index is 9.30. The van der Waals surface area contributed by atoms with Crippen molar-refractivity contribution in [2.24, 2.45) is 5.92 Å². The fourth-order valence-electron chi connectivity index (χ4n) is 1.26. The van der Waals surface area contributed by atoms with Crippen LogP contribution in [-0.2, 0) is 0 Å². The van der Waals surface area contributed by atoms with Crippen molar-refractivity contribution in [3.63, 3.8) is 0 Å². The summed E-state index contributed by atoms with van der Waals surface area (Å²) in [5.74, 6) is 0.466. The van der Waals surface area contributed by atoms with Gasteiger partial charge in [0.15, 0.2) is 0 Å². The van der Waals surface area contributed by atoms with Crippen LogP contribution in [0.25, 0.3) is 5.57 Å². The van der Waals surface area contributed by atoms with E-state index in [0.29, 0.717) is 5.92 Å². The van der Waals surface area contributed by atoms with Crippen molar-refractivity contribution in [1.29, 1.82) is 0 Å². The Bertz CT molecular complexity index is 270. The first-order valence-electron chi connectivity index (χ1n) is 4.55. The molecule has 1 unspecified atom stereocenters. The Labute approximate surface area is 83.7 Å². The van der Waals surface area contributed by atoms with E-state index in [1.165, 1.54) is 10.5 Å². The maximum absolute atomic E-state index is 9.30. The number of hydrogen-bond donors (Lipinski definition) is 1. The van der Waals surface area contributed by atoms with Crippen LogP contribution in [0.3, 0.4) is 0 Å². The summed E-state index contributed by atoms with van der Waals surface area (Å²) in [5.41, 5.74) is 1.24. The number of allylic oxidation sites excluding steroid dienone is 1. The molecule has 1 aromatic heterocycles. The minimum atomic E-state index is -0.362. The van der Waals surface area contributed by atoms with E-state index in [2.05, 4.69) is 25.3 Å². The van der Waals surface area contributed by atoms with Crippen LogP contribution in [0.5, 0.6) is 0 Å². The van der Waals surface area contributed by atoms with Crippen LogP contribution >= 0.6 is 11.3 Å². The van der Waals surface area contributed by atoms with E-state index >= 15 is 0 Å². The third-order valence-electron chi connectivity index (χ3n) is 1.85. The van der Waals surface area contributed by atoms with Crippen molar-refractivity contribution in [1.82, 2.24) is 0 Å². The maximum Gasteiger partial charge on any atom is 0.0699 e. The molecule has 1 nitrogen and oxygen atoms in total. The lowest BCUT2D eigenvalue weighted by atomic mass is 10.0. The normalized spacial score (nSPS) is 15.0. The SMILES string of the molecule is CC(O)/C=C(\c1cccs1)C(C)C. The highest BCUT2D eigenvalue weighted by atomic mass is 32.1. The molecule has 0 aliphatic rings. The highest BCUT2D eigenvalue weighted by Crippen LogP contribution is 2.27. The summed E-state index contributed by atoms with van der Waals surface area (Å²) >= 11 is 1.72. The molecule has 72 valence electrons. The van der Waals surface area contributed by atoms with Crippen molar-refractivity contribution in [2.75, 3.05) is 0 Å². The van der Waals surface area contributed by atoms with Crippen LogP contribution in [0, 0.1) is 5.92 Å². The van der Waals surface area contributed by atoms with Gasteiger partial charge in [-0.2, -0.15) is 0 Å². The summed E-state index contributed by atoms with van der Waals surface area (Å²) in [7, 11) is 0. The highest BCUT2D eigenvalue weighted by Gasteiger charge is 2.07. The molecule has 0 radical (unpaired) electrons. The van der Waals surface area contributed by atoms with Crippen molar-refractivity contribution < 1.29 is 5.11 Å². The molecular formula is C11H16OS. The Morgan fingerprint density at radius 1 is 1.46 bits per heavy atom. The second-order valence-corrected chi connectivity index (χ2v) is 4.44. The average molecular weight is 196 g/mol. The van der Waals surface area contributed by atoms with Gasteiger partial charge in [-0.1, -0.05) is 26.0 Å². The van der Waals surface area contributed by atoms with Gasteiger partial charge in [-0.05, 0) is 29.9 Å². The molecule has 0 aromatic carbocycles. The zero-order valence-electron chi connectivity index (χ0n) is 8.32. The third-order valence-corrected chi connectivity index (χ3v) is 2.77. The molecule has 0 aliphatic heterocycles. The standard InChI is InChI=1S/C11H16OS/c1-8(2)10(7-9(3)12)11-5-4-6-13-11/h4-9,12H,1-3H3/b10-7-. The predicted molar refractivity (Wildman–Crippen MR) is 58.8 cm³/mol. The molecule has 2 heteroatoms. The van der Waals surface area contributed by atoms with Gasteiger partial charge >= 0.3 is 0 Å². The molecule has 0 amide bonds. The van der Waals surface area contributed by atoms with E-state index in [4.69, 9.17) is 0 Å². The van der Waals surface area contributed by atoms with Gasteiger partial charge in [0.2, 0.25) is 0 Å². The number of rotatable bonds is 3. The topological polar surface area (TPSA) is 20.2 Å². The number of thiophene rings is 1. The summed E-state index contributed by atoms with van der Waals surface area (Å²) in [6, 6.07) is 4.14. The lowest BCUT2D eigenvalue weighted by Gasteiger charge is -2.10. The predicted octanol–water partition coefficient (Wildman–Crippen LogP) is 3.17. The Morgan fingerprint density at radius 3 is 2.54 bits per heavy atom. The smallest absolute Gasteiger partial charge is 0.0699 e. The van der Waals surface area contributed by atoms with Gasteiger partial charge < -0.3 is 5.11 Å². The van der Waals surface area contributed by atoms with Crippen LogP contribution in [0.4, 0.5) is 0 Å². The first-order valence-corrected chi connectivity index (χ1v) is 5.43. The molecular weight excluding hydrogens is 180 g/mol. The minimum Gasteiger partial charge on any atom is -0.389 e. The van der Waals surface area contributed by atoms with Gasteiger partial charge in [-0.15, -0.1) is 11.3 Å². The molecule has 1 atom stereocenters. The summed E-state index contributed by atoms with van der Waals surface area (Å²) in [6.45, 7) is 6.08. The van der Waals surface area contributed by atoms with E-state index in [1.807, 2.05) is 12.1 Å². The Hall–Kier alpha value is -0.600.